The number of nitrogens with zero attached hydrogens (tertiary/aromatic N) is 4. The van der Waals surface area contributed by atoms with Gasteiger partial charge in [-0.25, -0.2) is 4.68 Å². The van der Waals surface area contributed by atoms with E-state index in [-0.39, 0.29) is 23.8 Å². The van der Waals surface area contributed by atoms with Gasteiger partial charge in [0.25, 0.3) is 0 Å². The molecule has 2 fully saturated rings. The summed E-state index contributed by atoms with van der Waals surface area (Å²) in [6.07, 6.45) is 1.82. The zero-order valence-corrected chi connectivity index (χ0v) is 23.9. The van der Waals surface area contributed by atoms with Crippen LogP contribution in [-0.4, -0.2) is 70.1 Å². The molecule has 1 aromatic heterocycles. The maximum atomic E-state index is 13.9. The predicted molar refractivity (Wildman–Crippen MR) is 158 cm³/mol. The molecule has 6 rings (SSSR count). The SMILES string of the molecule is COc1ccc(CC2CC(C(=O)NCc3ccc4c(c3)nnn4C)N(C(=O)C3CC(Oc4ccccc4)CN3)C2)cc1. The molecule has 42 heavy (non-hydrogen) atoms. The van der Waals surface area contributed by atoms with E-state index in [0.717, 1.165) is 40.1 Å². The summed E-state index contributed by atoms with van der Waals surface area (Å²) in [7, 11) is 3.50. The molecule has 10 heteroatoms. The highest BCUT2D eigenvalue weighted by Crippen LogP contribution is 2.29. The number of para-hydroxylation sites is 1. The highest BCUT2D eigenvalue weighted by molar-refractivity contribution is 5.90. The molecular formula is C32H36N6O4. The van der Waals surface area contributed by atoms with Gasteiger partial charge < -0.3 is 25.0 Å². The number of hydrogen-bond acceptors (Lipinski definition) is 7. The molecule has 2 saturated heterocycles. The molecule has 10 nitrogen and oxygen atoms in total. The maximum Gasteiger partial charge on any atom is 0.243 e. The summed E-state index contributed by atoms with van der Waals surface area (Å²) in [6, 6.07) is 22.5. The number of likely N-dealkylation sites (tertiary alicyclic amines) is 1. The first-order valence-electron chi connectivity index (χ1n) is 14.4. The van der Waals surface area contributed by atoms with Gasteiger partial charge >= 0.3 is 0 Å². The number of methoxy groups -OCH3 is 1. The third-order valence-electron chi connectivity index (χ3n) is 8.23. The first-order chi connectivity index (χ1) is 20.5. The minimum absolute atomic E-state index is 0.0486. The second kappa shape index (κ2) is 12.2. The van der Waals surface area contributed by atoms with E-state index in [1.54, 1.807) is 16.7 Å². The number of amides is 2. The standard InChI is InChI=1S/C32H36N6O4/c1-37-29-13-10-22(15-27(29)35-36-37)18-34-31(39)30-16-23(14-21-8-11-24(41-2)12-9-21)20-38(30)32(40)28-17-26(19-33-28)42-25-6-4-3-5-7-25/h3-13,15,23,26,28,30,33H,14,16-20H2,1-2H3,(H,34,39). The van der Waals surface area contributed by atoms with E-state index in [9.17, 15) is 9.59 Å². The summed E-state index contributed by atoms with van der Waals surface area (Å²) in [5.41, 5.74) is 3.79. The van der Waals surface area contributed by atoms with Crippen LogP contribution in [0.2, 0.25) is 0 Å². The van der Waals surface area contributed by atoms with Gasteiger partial charge in [-0.05, 0) is 66.3 Å². The van der Waals surface area contributed by atoms with Crippen LogP contribution in [0.1, 0.15) is 24.0 Å². The number of ether oxygens (including phenoxy) is 2. The van der Waals surface area contributed by atoms with E-state index in [2.05, 4.69) is 20.9 Å². The third kappa shape index (κ3) is 6.08. The zero-order chi connectivity index (χ0) is 29.1. The Kier molecular flexibility index (Phi) is 8.05. The monoisotopic (exact) mass is 568 g/mol. The Labute approximate surface area is 245 Å². The summed E-state index contributed by atoms with van der Waals surface area (Å²) in [4.78, 5) is 29.2. The highest BCUT2D eigenvalue weighted by Gasteiger charge is 2.43. The number of benzene rings is 3. The van der Waals surface area contributed by atoms with Crippen molar-refractivity contribution >= 4 is 22.8 Å². The van der Waals surface area contributed by atoms with Crippen molar-refractivity contribution < 1.29 is 19.1 Å². The van der Waals surface area contributed by atoms with E-state index >= 15 is 0 Å². The largest absolute Gasteiger partial charge is 0.497 e. The fraction of sp³-hybridized carbons (Fsp3) is 0.375. The van der Waals surface area contributed by atoms with Crippen LogP contribution in [0, 0.1) is 5.92 Å². The van der Waals surface area contributed by atoms with Crippen molar-refractivity contribution in [3.05, 3.63) is 83.9 Å². The molecule has 0 radical (unpaired) electrons. The Hall–Kier alpha value is -4.44. The summed E-state index contributed by atoms with van der Waals surface area (Å²) in [5.74, 6) is 1.56. The Balaban J connectivity index is 1.14. The summed E-state index contributed by atoms with van der Waals surface area (Å²) >= 11 is 0. The zero-order valence-electron chi connectivity index (χ0n) is 23.9. The number of hydrogen-bond donors (Lipinski definition) is 2. The van der Waals surface area contributed by atoms with Crippen LogP contribution in [0.4, 0.5) is 0 Å². The molecule has 0 saturated carbocycles. The molecule has 218 valence electrons. The molecule has 0 bridgehead atoms. The second-order valence-electron chi connectivity index (χ2n) is 11.2. The fourth-order valence-electron chi connectivity index (χ4n) is 6.03. The minimum atomic E-state index is -0.545. The van der Waals surface area contributed by atoms with Gasteiger partial charge in [0.2, 0.25) is 11.8 Å². The lowest BCUT2D eigenvalue weighted by atomic mass is 9.96. The highest BCUT2D eigenvalue weighted by atomic mass is 16.5. The van der Waals surface area contributed by atoms with E-state index in [4.69, 9.17) is 9.47 Å². The fourth-order valence-corrected chi connectivity index (χ4v) is 6.03. The summed E-state index contributed by atoms with van der Waals surface area (Å²) in [6.45, 7) is 1.45. The van der Waals surface area contributed by atoms with Gasteiger partial charge in [-0.2, -0.15) is 0 Å². The molecule has 0 spiro atoms. The first-order valence-corrected chi connectivity index (χ1v) is 14.4. The maximum absolute atomic E-state index is 13.9. The smallest absolute Gasteiger partial charge is 0.243 e. The van der Waals surface area contributed by atoms with Crippen molar-refractivity contribution in [2.24, 2.45) is 13.0 Å². The predicted octanol–water partition coefficient (Wildman–Crippen LogP) is 2.86. The van der Waals surface area contributed by atoms with Crippen molar-refractivity contribution in [1.82, 2.24) is 30.5 Å². The Bertz CT molecular complexity index is 1540. The van der Waals surface area contributed by atoms with E-state index in [1.165, 1.54) is 0 Å². The number of carbonyl (C=O) groups excluding carboxylic acids is 2. The molecule has 4 unspecified atom stereocenters. The van der Waals surface area contributed by atoms with Crippen LogP contribution in [0.5, 0.6) is 11.5 Å². The van der Waals surface area contributed by atoms with Crippen LogP contribution in [0.3, 0.4) is 0 Å². The molecule has 3 aromatic carbocycles. The van der Waals surface area contributed by atoms with Crippen molar-refractivity contribution in [3.8, 4) is 11.5 Å². The van der Waals surface area contributed by atoms with Gasteiger partial charge in [0.1, 0.15) is 29.2 Å². The number of nitrogens with one attached hydrogen (secondary N) is 2. The molecule has 2 N–H and O–H groups in total. The van der Waals surface area contributed by atoms with Crippen molar-refractivity contribution in [3.63, 3.8) is 0 Å². The van der Waals surface area contributed by atoms with E-state index < -0.39 is 12.1 Å². The van der Waals surface area contributed by atoms with Gasteiger partial charge in [-0.3, -0.25) is 9.59 Å². The summed E-state index contributed by atoms with van der Waals surface area (Å²) in [5, 5.41) is 14.7. The van der Waals surface area contributed by atoms with E-state index in [0.29, 0.717) is 32.5 Å². The molecular weight excluding hydrogens is 532 g/mol. The van der Waals surface area contributed by atoms with Crippen molar-refractivity contribution in [2.75, 3.05) is 20.2 Å². The van der Waals surface area contributed by atoms with Gasteiger partial charge in [0.15, 0.2) is 0 Å². The van der Waals surface area contributed by atoms with Crippen LogP contribution in [-0.2, 0) is 29.6 Å². The lowest BCUT2D eigenvalue weighted by molar-refractivity contribution is -0.139. The lowest BCUT2D eigenvalue weighted by Crippen LogP contribution is -2.51. The number of fused-ring (bicyclic) bond motifs is 1. The second-order valence-corrected chi connectivity index (χ2v) is 11.2. The third-order valence-corrected chi connectivity index (χ3v) is 8.23. The van der Waals surface area contributed by atoms with Crippen LogP contribution in [0.15, 0.2) is 72.8 Å². The molecule has 4 atom stereocenters. The van der Waals surface area contributed by atoms with Crippen LogP contribution >= 0.6 is 0 Å². The van der Waals surface area contributed by atoms with Crippen molar-refractivity contribution in [1.29, 1.82) is 0 Å². The molecule has 2 amide bonds. The van der Waals surface area contributed by atoms with E-state index in [1.807, 2.05) is 79.8 Å². The normalized spacial score (nSPS) is 21.9. The average Bonchev–Trinajstić information content (AvgIpc) is 3.75. The quantitative estimate of drug-likeness (QED) is 0.320. The van der Waals surface area contributed by atoms with Gasteiger partial charge in [-0.15, -0.1) is 5.10 Å². The van der Waals surface area contributed by atoms with Gasteiger partial charge in [0.05, 0.1) is 18.7 Å². The minimum Gasteiger partial charge on any atom is -0.497 e. The van der Waals surface area contributed by atoms with Crippen molar-refractivity contribution in [2.45, 2.75) is 44.0 Å². The van der Waals surface area contributed by atoms with Crippen LogP contribution < -0.4 is 20.1 Å². The van der Waals surface area contributed by atoms with Gasteiger partial charge in [0, 0.05) is 33.1 Å². The molecule has 2 aliphatic rings. The molecule has 0 aliphatic carbocycles. The van der Waals surface area contributed by atoms with Crippen LogP contribution in [0.25, 0.3) is 11.0 Å². The number of rotatable bonds is 9. The number of aryl methyl sites for hydroxylation is 1. The Morgan fingerprint density at radius 1 is 1.00 bits per heavy atom. The summed E-state index contributed by atoms with van der Waals surface area (Å²) < 4.78 is 13.1. The lowest BCUT2D eigenvalue weighted by Gasteiger charge is -2.27. The van der Waals surface area contributed by atoms with Gasteiger partial charge in [-0.1, -0.05) is 41.6 Å². The average molecular weight is 569 g/mol. The number of aromatic nitrogens is 3. The number of carbonyl (C=O) groups is 2. The molecule has 2 aliphatic heterocycles. The molecule has 4 aromatic rings. The molecule has 3 heterocycles. The Morgan fingerprint density at radius 2 is 1.79 bits per heavy atom. The topological polar surface area (TPSA) is 111 Å². The Morgan fingerprint density at radius 3 is 2.57 bits per heavy atom. The first kappa shape index (κ1) is 27.7.